The number of hydrogen-bond acceptors (Lipinski definition) is 7. The van der Waals surface area contributed by atoms with Gasteiger partial charge in [0.25, 0.3) is 10.0 Å². The van der Waals surface area contributed by atoms with Gasteiger partial charge in [-0.05, 0) is 25.0 Å². The van der Waals surface area contributed by atoms with Gasteiger partial charge in [0.2, 0.25) is 0 Å². The van der Waals surface area contributed by atoms with Crippen LogP contribution in [0, 0.1) is 6.92 Å². The molecule has 1 unspecified atom stereocenters. The summed E-state index contributed by atoms with van der Waals surface area (Å²) in [6.07, 6.45) is 0. The van der Waals surface area contributed by atoms with E-state index in [1.807, 2.05) is 6.07 Å². The van der Waals surface area contributed by atoms with Crippen molar-refractivity contribution >= 4 is 33.3 Å². The summed E-state index contributed by atoms with van der Waals surface area (Å²) in [5.41, 5.74) is 0.810. The van der Waals surface area contributed by atoms with Crippen molar-refractivity contribution in [2.75, 3.05) is 14.2 Å². The standard InChI is InChI=1S/C17H19NO6S2/c1-10-13(15(19)23-3)17(25-14(10)16(20)24-4)26(21,22)18-11(2)12-8-6-5-7-9-12/h5-9,11,18H,1-4H3. The van der Waals surface area contributed by atoms with E-state index in [4.69, 9.17) is 4.74 Å². The number of hydrogen-bond donors (Lipinski definition) is 1. The van der Waals surface area contributed by atoms with Crippen molar-refractivity contribution in [2.24, 2.45) is 0 Å². The van der Waals surface area contributed by atoms with Crippen molar-refractivity contribution in [1.29, 1.82) is 0 Å². The van der Waals surface area contributed by atoms with Crippen LogP contribution in [-0.4, -0.2) is 34.6 Å². The first kappa shape index (κ1) is 20.1. The Morgan fingerprint density at radius 3 is 2.19 bits per heavy atom. The molecule has 0 saturated carbocycles. The number of thiophene rings is 1. The van der Waals surface area contributed by atoms with Gasteiger partial charge in [-0.2, -0.15) is 0 Å². The quantitative estimate of drug-likeness (QED) is 0.753. The normalized spacial score (nSPS) is 12.5. The molecule has 1 atom stereocenters. The third-order valence-electron chi connectivity index (χ3n) is 3.75. The summed E-state index contributed by atoms with van der Waals surface area (Å²) in [5.74, 6) is -1.54. The fourth-order valence-electron chi connectivity index (χ4n) is 2.40. The summed E-state index contributed by atoms with van der Waals surface area (Å²) in [6.45, 7) is 3.17. The number of esters is 2. The zero-order valence-electron chi connectivity index (χ0n) is 14.7. The molecule has 0 saturated heterocycles. The van der Waals surface area contributed by atoms with E-state index in [1.165, 1.54) is 14.0 Å². The van der Waals surface area contributed by atoms with Crippen LogP contribution >= 0.6 is 11.3 Å². The Labute approximate surface area is 156 Å². The van der Waals surface area contributed by atoms with Gasteiger partial charge in [0.1, 0.15) is 4.88 Å². The topological polar surface area (TPSA) is 98.8 Å². The van der Waals surface area contributed by atoms with E-state index < -0.39 is 28.0 Å². The maximum Gasteiger partial charge on any atom is 0.348 e. The molecule has 0 aliphatic carbocycles. The Bertz CT molecular complexity index is 918. The number of benzene rings is 1. The molecule has 0 radical (unpaired) electrons. The monoisotopic (exact) mass is 397 g/mol. The predicted molar refractivity (Wildman–Crippen MR) is 96.9 cm³/mol. The maximum absolute atomic E-state index is 12.9. The number of ether oxygens (including phenoxy) is 2. The van der Waals surface area contributed by atoms with E-state index in [9.17, 15) is 18.0 Å². The zero-order chi connectivity index (χ0) is 19.5. The first-order valence-corrected chi connectivity index (χ1v) is 9.90. The van der Waals surface area contributed by atoms with Crippen molar-refractivity contribution < 1.29 is 27.5 Å². The summed E-state index contributed by atoms with van der Waals surface area (Å²) >= 11 is 0.681. The number of nitrogens with one attached hydrogen (secondary N) is 1. The van der Waals surface area contributed by atoms with E-state index in [2.05, 4.69) is 9.46 Å². The number of methoxy groups -OCH3 is 2. The molecule has 0 aliphatic heterocycles. The molecule has 1 aromatic heterocycles. The van der Waals surface area contributed by atoms with Crippen LogP contribution in [-0.2, 0) is 19.5 Å². The largest absolute Gasteiger partial charge is 0.465 e. The summed E-state index contributed by atoms with van der Waals surface area (Å²) in [7, 11) is -1.75. The van der Waals surface area contributed by atoms with Gasteiger partial charge in [0, 0.05) is 6.04 Å². The minimum atomic E-state index is -4.08. The van der Waals surface area contributed by atoms with Crippen LogP contribution in [0.5, 0.6) is 0 Å². The molecule has 0 bridgehead atoms. The smallest absolute Gasteiger partial charge is 0.348 e. The fourth-order valence-corrected chi connectivity index (χ4v) is 5.39. The third-order valence-corrected chi connectivity index (χ3v) is 7.08. The Kier molecular flexibility index (Phi) is 6.17. The molecule has 0 fully saturated rings. The minimum absolute atomic E-state index is 0.0423. The van der Waals surface area contributed by atoms with E-state index in [0.29, 0.717) is 11.3 Å². The SMILES string of the molecule is COC(=O)c1sc(S(=O)(=O)NC(C)c2ccccc2)c(C(=O)OC)c1C. The van der Waals surface area contributed by atoms with Crippen LogP contribution in [0.1, 0.15) is 44.1 Å². The predicted octanol–water partition coefficient (Wildman–Crippen LogP) is 2.67. The van der Waals surface area contributed by atoms with Crippen molar-refractivity contribution in [2.45, 2.75) is 24.1 Å². The second-order valence-electron chi connectivity index (χ2n) is 5.46. The van der Waals surface area contributed by atoms with E-state index in [-0.39, 0.29) is 20.2 Å². The third kappa shape index (κ3) is 3.95. The van der Waals surface area contributed by atoms with Crippen molar-refractivity contribution in [3.8, 4) is 0 Å². The van der Waals surface area contributed by atoms with Gasteiger partial charge in [-0.1, -0.05) is 30.3 Å². The van der Waals surface area contributed by atoms with E-state index in [0.717, 1.165) is 12.7 Å². The van der Waals surface area contributed by atoms with Crippen LogP contribution in [0.4, 0.5) is 0 Å². The van der Waals surface area contributed by atoms with Crippen LogP contribution in [0.3, 0.4) is 0 Å². The Morgan fingerprint density at radius 1 is 1.08 bits per heavy atom. The molecule has 1 N–H and O–H groups in total. The van der Waals surface area contributed by atoms with Gasteiger partial charge < -0.3 is 9.47 Å². The molecule has 7 nitrogen and oxygen atoms in total. The number of carbonyl (C=O) groups is 2. The molecule has 140 valence electrons. The average molecular weight is 397 g/mol. The molecule has 2 rings (SSSR count). The highest BCUT2D eigenvalue weighted by atomic mass is 32.2. The van der Waals surface area contributed by atoms with Crippen molar-refractivity contribution in [3.63, 3.8) is 0 Å². The fraction of sp³-hybridized carbons (Fsp3) is 0.294. The minimum Gasteiger partial charge on any atom is -0.465 e. The Balaban J connectivity index is 2.51. The first-order valence-electron chi connectivity index (χ1n) is 7.60. The maximum atomic E-state index is 12.9. The van der Waals surface area contributed by atoms with Crippen LogP contribution < -0.4 is 4.72 Å². The number of carbonyl (C=O) groups excluding carboxylic acids is 2. The number of sulfonamides is 1. The van der Waals surface area contributed by atoms with E-state index in [1.54, 1.807) is 31.2 Å². The van der Waals surface area contributed by atoms with Gasteiger partial charge in [-0.15, -0.1) is 11.3 Å². The van der Waals surface area contributed by atoms with Crippen molar-refractivity contribution in [1.82, 2.24) is 4.72 Å². The second-order valence-corrected chi connectivity index (χ2v) is 8.39. The first-order chi connectivity index (χ1) is 12.2. The lowest BCUT2D eigenvalue weighted by Crippen LogP contribution is -2.27. The lowest BCUT2D eigenvalue weighted by atomic mass is 10.1. The highest BCUT2D eigenvalue weighted by molar-refractivity contribution is 7.91. The molecule has 2 aromatic rings. The van der Waals surface area contributed by atoms with Gasteiger partial charge in [-0.25, -0.2) is 22.7 Å². The van der Waals surface area contributed by atoms with Gasteiger partial charge >= 0.3 is 11.9 Å². The van der Waals surface area contributed by atoms with Crippen LogP contribution in [0.2, 0.25) is 0 Å². The molecule has 0 amide bonds. The average Bonchev–Trinajstić information content (AvgIpc) is 2.99. The van der Waals surface area contributed by atoms with Crippen molar-refractivity contribution in [3.05, 3.63) is 51.9 Å². The van der Waals surface area contributed by atoms with Crippen LogP contribution in [0.25, 0.3) is 0 Å². The molecule has 9 heteroatoms. The molecular weight excluding hydrogens is 378 g/mol. The summed E-state index contributed by atoms with van der Waals surface area (Å²) < 4.78 is 37.4. The molecule has 1 heterocycles. The number of rotatable bonds is 6. The molecular formula is C17H19NO6S2. The zero-order valence-corrected chi connectivity index (χ0v) is 16.4. The summed E-state index contributed by atoms with van der Waals surface area (Å²) in [6, 6.07) is 8.46. The summed E-state index contributed by atoms with van der Waals surface area (Å²) in [4.78, 5) is 24.1. The van der Waals surface area contributed by atoms with E-state index >= 15 is 0 Å². The Morgan fingerprint density at radius 2 is 1.65 bits per heavy atom. The Hall–Kier alpha value is -2.23. The van der Waals surface area contributed by atoms with Crippen LogP contribution in [0.15, 0.2) is 34.5 Å². The van der Waals surface area contributed by atoms with Gasteiger partial charge in [-0.3, -0.25) is 0 Å². The van der Waals surface area contributed by atoms with Gasteiger partial charge in [0.05, 0.1) is 19.8 Å². The lowest BCUT2D eigenvalue weighted by molar-refractivity contribution is 0.0596. The molecule has 1 aromatic carbocycles. The molecule has 0 aliphatic rings. The summed E-state index contributed by atoms with van der Waals surface area (Å²) in [5, 5.41) is 0. The second kappa shape index (κ2) is 7.98. The molecule has 26 heavy (non-hydrogen) atoms. The van der Waals surface area contributed by atoms with Gasteiger partial charge in [0.15, 0.2) is 4.21 Å². The lowest BCUT2D eigenvalue weighted by Gasteiger charge is -2.14. The molecule has 0 spiro atoms. The highest BCUT2D eigenvalue weighted by Gasteiger charge is 2.33. The highest BCUT2D eigenvalue weighted by Crippen LogP contribution is 2.33.